The van der Waals surface area contributed by atoms with Gasteiger partial charge in [-0.25, -0.2) is 9.36 Å². The second-order valence-electron chi connectivity index (χ2n) is 6.33. The molecule has 128 valence electrons. The van der Waals surface area contributed by atoms with Crippen LogP contribution in [0, 0.1) is 12.8 Å². The van der Waals surface area contributed by atoms with Crippen LogP contribution in [0.3, 0.4) is 0 Å². The monoisotopic (exact) mass is 349 g/mol. The third-order valence-electron chi connectivity index (χ3n) is 4.87. The van der Waals surface area contributed by atoms with Gasteiger partial charge in [0.25, 0.3) is 0 Å². The fourth-order valence-electron chi connectivity index (χ4n) is 3.41. The molecule has 3 heterocycles. The van der Waals surface area contributed by atoms with Crippen LogP contribution in [0.15, 0.2) is 28.8 Å². The quantitative estimate of drug-likeness (QED) is 0.611. The highest BCUT2D eigenvalue weighted by Crippen LogP contribution is 2.47. The lowest BCUT2D eigenvalue weighted by molar-refractivity contribution is -0.684. The molecule has 24 heavy (non-hydrogen) atoms. The molecule has 0 spiro atoms. The summed E-state index contributed by atoms with van der Waals surface area (Å²) < 4.78 is 2.07. The molecule has 3 atom stereocenters. The number of carbonyl (C=O) groups is 2. The van der Waals surface area contributed by atoms with Gasteiger partial charge in [-0.2, -0.15) is 0 Å². The number of aliphatic hydroxyl groups excluding tert-OH is 1. The van der Waals surface area contributed by atoms with Crippen molar-refractivity contribution in [2.75, 3.05) is 0 Å². The van der Waals surface area contributed by atoms with Gasteiger partial charge in [0.05, 0.1) is 23.8 Å². The maximum atomic E-state index is 12.2. The normalized spacial score (nSPS) is 24.0. The van der Waals surface area contributed by atoms with Crippen molar-refractivity contribution in [1.29, 1.82) is 0 Å². The number of aliphatic carboxylic acids is 1. The fourth-order valence-corrected chi connectivity index (χ4v) is 4.64. The minimum absolute atomic E-state index is 0.0854. The summed E-state index contributed by atoms with van der Waals surface area (Å²) in [6.45, 7) is 3.60. The molecule has 0 radical (unpaired) electrons. The van der Waals surface area contributed by atoms with Crippen LogP contribution in [0.2, 0.25) is 0 Å². The third-order valence-corrected chi connectivity index (χ3v) is 6.02. The molecule has 1 amide bonds. The first kappa shape index (κ1) is 17.0. The van der Waals surface area contributed by atoms with Crippen LogP contribution >= 0.6 is 11.8 Å². The van der Waals surface area contributed by atoms with Crippen molar-refractivity contribution in [3.63, 3.8) is 0 Å². The highest BCUT2D eigenvalue weighted by atomic mass is 32.2. The lowest BCUT2D eigenvalue weighted by atomic mass is 9.83. The van der Waals surface area contributed by atoms with Crippen molar-refractivity contribution in [1.82, 2.24) is 4.90 Å². The van der Waals surface area contributed by atoms with Crippen molar-refractivity contribution in [2.45, 2.75) is 38.2 Å². The molecule has 0 bridgehead atoms. The Morgan fingerprint density at radius 2 is 2.21 bits per heavy atom. The highest BCUT2D eigenvalue weighted by Gasteiger charge is 2.56. The zero-order valence-corrected chi connectivity index (χ0v) is 14.7. The predicted molar refractivity (Wildman–Crippen MR) is 88.7 cm³/mol. The van der Waals surface area contributed by atoms with Crippen molar-refractivity contribution < 1.29 is 24.4 Å². The molecule has 2 N–H and O–H groups in total. The Kier molecular flexibility index (Phi) is 4.40. The minimum Gasteiger partial charge on any atom is -0.477 e. The first-order valence-corrected chi connectivity index (χ1v) is 8.86. The summed E-state index contributed by atoms with van der Waals surface area (Å²) in [5.74, 6) is -1.22. The Balaban J connectivity index is 1.81. The molecule has 1 aromatic rings. The molecule has 0 unspecified atom stereocenters. The lowest BCUT2D eigenvalue weighted by Crippen LogP contribution is -2.61. The van der Waals surface area contributed by atoms with Crippen molar-refractivity contribution in [3.8, 4) is 0 Å². The van der Waals surface area contributed by atoms with Gasteiger partial charge in [0, 0.05) is 30.4 Å². The number of carboxylic acids is 1. The van der Waals surface area contributed by atoms with E-state index < -0.39 is 18.0 Å². The van der Waals surface area contributed by atoms with Gasteiger partial charge < -0.3 is 15.1 Å². The van der Waals surface area contributed by atoms with E-state index in [1.165, 1.54) is 16.7 Å². The number of β-lactam (4-membered cyclic amide) rings is 1. The van der Waals surface area contributed by atoms with Gasteiger partial charge in [0.15, 0.2) is 11.4 Å². The number of aliphatic hydroxyl groups is 1. The van der Waals surface area contributed by atoms with E-state index in [0.717, 1.165) is 11.4 Å². The van der Waals surface area contributed by atoms with Gasteiger partial charge in [-0.15, -0.1) is 11.8 Å². The number of fused-ring (bicyclic) bond motifs is 1. The summed E-state index contributed by atoms with van der Waals surface area (Å²) in [5.41, 5.74) is 2.30. The van der Waals surface area contributed by atoms with Gasteiger partial charge in [0.2, 0.25) is 5.91 Å². The summed E-state index contributed by atoms with van der Waals surface area (Å²) in [6, 6.07) is 5.78. The summed E-state index contributed by atoms with van der Waals surface area (Å²) in [4.78, 5) is 25.9. The van der Waals surface area contributed by atoms with E-state index in [-0.39, 0.29) is 17.6 Å². The Bertz CT molecular complexity index is 744. The zero-order valence-electron chi connectivity index (χ0n) is 13.9. The predicted octanol–water partition coefficient (Wildman–Crippen LogP) is 0.960. The maximum Gasteiger partial charge on any atom is 0.353 e. The molecule has 7 heteroatoms. The summed E-state index contributed by atoms with van der Waals surface area (Å²) >= 11 is 1.46. The number of hydrogen-bond donors (Lipinski definition) is 2. The van der Waals surface area contributed by atoms with Crippen molar-refractivity contribution in [2.24, 2.45) is 13.0 Å². The number of amides is 1. The molecular formula is C17H21N2O4S+. The van der Waals surface area contributed by atoms with E-state index in [1.807, 2.05) is 32.2 Å². The van der Waals surface area contributed by atoms with Gasteiger partial charge in [-0.3, -0.25) is 4.79 Å². The summed E-state index contributed by atoms with van der Waals surface area (Å²) in [7, 11) is 1.98. The Morgan fingerprint density at radius 1 is 1.50 bits per heavy atom. The molecule has 2 aliphatic rings. The van der Waals surface area contributed by atoms with E-state index in [9.17, 15) is 19.8 Å². The molecule has 0 aliphatic carbocycles. The molecule has 6 nitrogen and oxygen atoms in total. The minimum atomic E-state index is -1.08. The number of rotatable bonds is 5. The highest BCUT2D eigenvalue weighted by molar-refractivity contribution is 8.02. The van der Waals surface area contributed by atoms with Gasteiger partial charge in [0.1, 0.15) is 12.7 Å². The smallest absolute Gasteiger partial charge is 0.353 e. The fraction of sp³-hybridized carbons (Fsp3) is 0.471. The number of hydrogen-bond acceptors (Lipinski definition) is 4. The van der Waals surface area contributed by atoms with E-state index in [2.05, 4.69) is 4.57 Å². The largest absolute Gasteiger partial charge is 0.477 e. The van der Waals surface area contributed by atoms with Crippen molar-refractivity contribution in [3.05, 3.63) is 40.2 Å². The van der Waals surface area contributed by atoms with Crippen LogP contribution in [0.5, 0.6) is 0 Å². The van der Waals surface area contributed by atoms with Crippen LogP contribution in [0.4, 0.5) is 0 Å². The maximum absolute atomic E-state index is 12.2. The second-order valence-corrected chi connectivity index (χ2v) is 7.40. The second kappa shape index (κ2) is 6.22. The van der Waals surface area contributed by atoms with Gasteiger partial charge in [-0.1, -0.05) is 0 Å². The molecule has 3 rings (SSSR count). The Morgan fingerprint density at radius 3 is 2.83 bits per heavy atom. The third kappa shape index (κ3) is 2.61. The summed E-state index contributed by atoms with van der Waals surface area (Å²) in [6.07, 6.45) is -0.254. The van der Waals surface area contributed by atoms with Gasteiger partial charge in [-0.05, 0) is 13.0 Å². The number of pyridine rings is 1. The first-order chi connectivity index (χ1) is 11.3. The molecule has 1 saturated heterocycles. The van der Waals surface area contributed by atoms with Crippen LogP contribution in [-0.2, 0) is 22.4 Å². The first-order valence-electron chi connectivity index (χ1n) is 7.87. The topological polar surface area (TPSA) is 81.7 Å². The Hall–Kier alpha value is -1.86. The lowest BCUT2D eigenvalue weighted by Gasteiger charge is -2.44. The van der Waals surface area contributed by atoms with Crippen LogP contribution < -0.4 is 4.57 Å². The number of aromatic nitrogens is 1. The van der Waals surface area contributed by atoms with Crippen molar-refractivity contribution >= 4 is 23.6 Å². The molecule has 1 aromatic heterocycles. The average molecular weight is 349 g/mol. The number of carboxylic acid groups (broad SMARTS) is 1. The van der Waals surface area contributed by atoms with E-state index in [1.54, 1.807) is 6.92 Å². The molecule has 2 aliphatic heterocycles. The van der Waals surface area contributed by atoms with E-state index in [4.69, 9.17) is 0 Å². The number of nitrogens with zero attached hydrogens (tertiary/aromatic N) is 2. The zero-order chi connectivity index (χ0) is 17.6. The summed E-state index contributed by atoms with van der Waals surface area (Å²) in [5, 5.41) is 19.3. The molecular weight excluding hydrogens is 328 g/mol. The van der Waals surface area contributed by atoms with Gasteiger partial charge >= 0.3 is 5.97 Å². The number of thioether (sulfide) groups is 1. The van der Waals surface area contributed by atoms with Crippen LogP contribution in [-0.4, -0.2) is 39.1 Å². The molecule has 1 fully saturated rings. The van der Waals surface area contributed by atoms with Crippen LogP contribution in [0.1, 0.15) is 24.7 Å². The molecule has 0 saturated carbocycles. The number of aryl methyl sites for hydroxylation is 1. The van der Waals surface area contributed by atoms with E-state index >= 15 is 0 Å². The molecule has 0 aromatic carbocycles. The number of carbonyl (C=O) groups excluding carboxylic acids is 1. The average Bonchev–Trinajstić information content (AvgIpc) is 2.83. The standard InChI is InChI=1S/C17H20N2O4S/c1-9-5-4-6-11(18(9)3)8-24-13-7-12-14(10(2)20)16(21)19(12)15(13)17(22)23/h4-6,10,12,14,20H,7-8H2,1-3H3/p+1/t10-,12-,14-/m1/s1. The SMILES string of the molecule is Cc1cccc(CSC2=C(C(=O)O)N3C(=O)[C@H]([C@@H](C)O)[C@H]3C2)[n+]1C. The van der Waals surface area contributed by atoms with Crippen LogP contribution in [0.25, 0.3) is 0 Å². The Labute approximate surface area is 144 Å². The van der Waals surface area contributed by atoms with E-state index in [0.29, 0.717) is 17.1 Å².